The third-order valence-electron chi connectivity index (χ3n) is 4.88. The van der Waals surface area contributed by atoms with Gasteiger partial charge in [0.15, 0.2) is 15.2 Å². The lowest BCUT2D eigenvalue weighted by molar-refractivity contribution is -0.200. The highest BCUT2D eigenvalue weighted by Gasteiger charge is 2.49. The Labute approximate surface area is 205 Å². The van der Waals surface area contributed by atoms with Crippen LogP contribution in [0, 0.1) is 0 Å². The summed E-state index contributed by atoms with van der Waals surface area (Å²) in [5, 5.41) is 38.7. The SMILES string of the molecule is [B][C@@H]1O[C@H](COP(=O)(O)OP(=O)([O-])CP(=O)([O-])OP(=O)(O)OC[C@H]2OC(C)(C)[C@@H](O)C2O)C(O)C1O. The molecule has 0 aromatic carbocycles. The first-order valence-corrected chi connectivity index (χ1v) is 16.3. The molecule has 0 bridgehead atoms. The molecule has 0 aliphatic carbocycles. The molecule has 2 aliphatic rings. The van der Waals surface area contributed by atoms with Gasteiger partial charge in [-0.1, -0.05) is 0 Å². The fraction of sp³-hybridized carbons (Fsp3) is 1.00. The first-order chi connectivity index (χ1) is 16.1. The lowest BCUT2D eigenvalue weighted by atomic mass is 9.93. The van der Waals surface area contributed by atoms with Crippen LogP contribution in [0.4, 0.5) is 0 Å². The Kier molecular flexibility index (Phi) is 10.4. The van der Waals surface area contributed by atoms with Gasteiger partial charge in [0.25, 0.3) is 0 Å². The predicted molar refractivity (Wildman–Crippen MR) is 111 cm³/mol. The lowest BCUT2D eigenvalue weighted by Crippen LogP contribution is -2.38. The summed E-state index contributed by atoms with van der Waals surface area (Å²) in [7, 11) is -17.5. The van der Waals surface area contributed by atoms with Crippen LogP contribution in [0.1, 0.15) is 13.8 Å². The molecule has 6 N–H and O–H groups in total. The first kappa shape index (κ1) is 32.6. The molecule has 2 rings (SSSR count). The molecule has 0 amide bonds. The summed E-state index contributed by atoms with van der Waals surface area (Å²) in [6, 6.07) is -1.38. The maximum atomic E-state index is 12.0. The summed E-state index contributed by atoms with van der Waals surface area (Å²) in [5.74, 6) is -2.19. The van der Waals surface area contributed by atoms with E-state index in [0.717, 1.165) is 0 Å². The molecule has 0 aromatic heterocycles. The van der Waals surface area contributed by atoms with Gasteiger partial charge in [0.05, 0.1) is 30.8 Å². The highest BCUT2D eigenvalue weighted by molar-refractivity contribution is 7.75. The molecule has 2 fully saturated rings. The average Bonchev–Trinajstić information content (AvgIpc) is 3.03. The van der Waals surface area contributed by atoms with Crippen molar-refractivity contribution >= 4 is 38.7 Å². The highest BCUT2D eigenvalue weighted by atomic mass is 31.3. The summed E-state index contributed by atoms with van der Waals surface area (Å²) >= 11 is 0. The van der Waals surface area contributed by atoms with Gasteiger partial charge < -0.3 is 58.6 Å². The Morgan fingerprint density at radius 3 is 1.64 bits per heavy atom. The second-order valence-corrected chi connectivity index (χ2v) is 15.6. The minimum absolute atomic E-state index is 0.950. The van der Waals surface area contributed by atoms with E-state index >= 15 is 0 Å². The van der Waals surface area contributed by atoms with Gasteiger partial charge in [-0.05, 0) is 13.8 Å². The maximum absolute atomic E-state index is 12.0. The Morgan fingerprint density at radius 1 is 0.833 bits per heavy atom. The second kappa shape index (κ2) is 11.5. The zero-order valence-electron chi connectivity index (χ0n) is 18.6. The monoisotopic (exact) mass is 604 g/mol. The smallest absolute Gasteiger partial charge is 0.477 e. The van der Waals surface area contributed by atoms with E-state index in [2.05, 4.69) is 17.7 Å². The van der Waals surface area contributed by atoms with Crippen molar-refractivity contribution in [1.29, 1.82) is 0 Å². The van der Waals surface area contributed by atoms with Crippen molar-refractivity contribution in [3.8, 4) is 0 Å². The molecule has 0 aromatic rings. The lowest BCUT2D eigenvalue weighted by Gasteiger charge is -2.32. The Hall–Kier alpha value is 0.425. The quantitative estimate of drug-likeness (QED) is 0.0946. The number of aliphatic hydroxyl groups excluding tert-OH is 4. The Balaban J connectivity index is 1.91. The van der Waals surface area contributed by atoms with Gasteiger partial charge in [-0.2, -0.15) is 0 Å². The van der Waals surface area contributed by atoms with Crippen LogP contribution < -0.4 is 9.79 Å². The third kappa shape index (κ3) is 8.99. The van der Waals surface area contributed by atoms with Crippen molar-refractivity contribution in [2.75, 3.05) is 19.1 Å². The van der Waals surface area contributed by atoms with Crippen LogP contribution in [0.3, 0.4) is 0 Å². The molecular weight excluding hydrogens is 579 g/mol. The molecule has 210 valence electrons. The second-order valence-electron chi connectivity index (χ2n) is 8.37. The normalized spacial score (nSPS) is 39.1. The van der Waals surface area contributed by atoms with Crippen molar-refractivity contribution in [3.63, 3.8) is 0 Å². The van der Waals surface area contributed by atoms with Crippen LogP contribution in [0.5, 0.6) is 0 Å². The molecule has 11 atom stereocenters. The van der Waals surface area contributed by atoms with Gasteiger partial charge in [0.1, 0.15) is 38.4 Å². The number of phosphoric ester groups is 2. The Morgan fingerprint density at radius 2 is 1.28 bits per heavy atom. The largest absolute Gasteiger partial charge is 0.778 e. The van der Waals surface area contributed by atoms with E-state index in [1.807, 2.05) is 0 Å². The standard InChI is InChI=1S/C13H27BO18P4/c1-13(2)11(18)9(16)7(30-13)4-28-36(25,26)32-34(21,22)5-33(19,20)31-35(23,24)27-3-6-8(15)10(17)12(14)29-6/h6-12,15-18H,3-5H2,1-2H3,(H,19,20)(H,21,22)(H,23,24)(H,25,26)/p-2/t6-,7-,8?,9?,10?,11+,12-/m1/s1. The molecule has 0 spiro atoms. The number of phosphoric acid groups is 2. The molecule has 7 unspecified atom stereocenters. The van der Waals surface area contributed by atoms with Gasteiger partial charge in [0, 0.05) is 6.00 Å². The summed E-state index contributed by atoms with van der Waals surface area (Å²) in [6.07, 6.45) is -9.09. The molecule has 2 radical (unpaired) electrons. The van der Waals surface area contributed by atoms with Crippen molar-refractivity contribution in [2.24, 2.45) is 0 Å². The van der Waals surface area contributed by atoms with E-state index in [1.54, 1.807) is 0 Å². The van der Waals surface area contributed by atoms with Gasteiger partial charge in [-0.25, -0.2) is 17.8 Å². The summed E-state index contributed by atoms with van der Waals surface area (Å²) in [4.78, 5) is 43.0. The molecule has 36 heavy (non-hydrogen) atoms. The summed E-state index contributed by atoms with van der Waals surface area (Å²) in [6.45, 7) is 0.816. The van der Waals surface area contributed by atoms with Gasteiger partial charge in [-0.15, -0.1) is 0 Å². The van der Waals surface area contributed by atoms with E-state index < -0.39 is 98.2 Å². The van der Waals surface area contributed by atoms with Gasteiger partial charge in [-0.3, -0.25) is 9.05 Å². The minimum atomic E-state index is -5.85. The molecular formula is C13H25BO18P4-2. The third-order valence-corrected chi connectivity index (χ3v) is 12.2. The summed E-state index contributed by atoms with van der Waals surface area (Å²) in [5.41, 5.74) is -1.28. The molecule has 23 heteroatoms. The molecule has 18 nitrogen and oxygen atoms in total. The number of hydrogen-bond donors (Lipinski definition) is 6. The number of aliphatic hydroxyl groups is 4. The van der Waals surface area contributed by atoms with Crippen molar-refractivity contribution in [1.82, 2.24) is 0 Å². The maximum Gasteiger partial charge on any atom is 0.477 e. The van der Waals surface area contributed by atoms with Crippen LogP contribution in [-0.4, -0.2) is 105 Å². The van der Waals surface area contributed by atoms with Crippen LogP contribution in [0.2, 0.25) is 0 Å². The van der Waals surface area contributed by atoms with Crippen LogP contribution in [0.15, 0.2) is 0 Å². The minimum Gasteiger partial charge on any atom is -0.778 e. The number of rotatable bonds is 12. The fourth-order valence-electron chi connectivity index (χ4n) is 3.15. The molecule has 2 saturated heterocycles. The summed E-state index contributed by atoms with van der Waals surface area (Å²) < 4.78 is 74.1. The molecule has 2 heterocycles. The number of hydrogen-bond acceptors (Lipinski definition) is 16. The van der Waals surface area contributed by atoms with E-state index in [0.29, 0.717) is 0 Å². The van der Waals surface area contributed by atoms with Crippen molar-refractivity contribution in [2.45, 2.75) is 62.1 Å². The highest BCUT2D eigenvalue weighted by Crippen LogP contribution is 2.67. The van der Waals surface area contributed by atoms with Crippen molar-refractivity contribution < 1.29 is 85.4 Å². The van der Waals surface area contributed by atoms with Gasteiger partial charge >= 0.3 is 15.6 Å². The van der Waals surface area contributed by atoms with Crippen molar-refractivity contribution in [3.05, 3.63) is 0 Å². The zero-order chi connectivity index (χ0) is 27.9. The molecule has 2 aliphatic heterocycles. The van der Waals surface area contributed by atoms with Gasteiger partial charge in [0.2, 0.25) is 0 Å². The predicted octanol–water partition coefficient (Wildman–Crippen LogP) is -3.17. The fourth-order valence-corrected chi connectivity index (χ4v) is 9.76. The van der Waals surface area contributed by atoms with E-state index in [9.17, 15) is 58.3 Å². The van der Waals surface area contributed by atoms with Crippen LogP contribution in [-0.2, 0) is 45.4 Å². The first-order valence-electron chi connectivity index (χ1n) is 9.85. The van der Waals surface area contributed by atoms with Crippen LogP contribution in [0.25, 0.3) is 0 Å². The van der Waals surface area contributed by atoms with E-state index in [4.69, 9.17) is 17.3 Å². The van der Waals surface area contributed by atoms with E-state index in [1.165, 1.54) is 13.8 Å². The number of ether oxygens (including phenoxy) is 2. The molecule has 0 saturated carbocycles. The zero-order valence-corrected chi connectivity index (χ0v) is 22.2. The Bertz CT molecular complexity index is 977. The van der Waals surface area contributed by atoms with Crippen LogP contribution >= 0.6 is 30.8 Å². The average molecular weight is 604 g/mol. The van der Waals surface area contributed by atoms with E-state index in [-0.39, 0.29) is 0 Å². The topological polar surface area (TPSA) is 291 Å².